The number of hydrogen-bond acceptors (Lipinski definition) is 8. The molecule has 1 aliphatic heterocycles. The number of hydrogen-bond donors (Lipinski definition) is 0. The highest BCUT2D eigenvalue weighted by molar-refractivity contribution is 7.47. The Labute approximate surface area is 151 Å². The van der Waals surface area contributed by atoms with Crippen molar-refractivity contribution in [1.29, 1.82) is 0 Å². The number of halogens is 1. The van der Waals surface area contributed by atoms with E-state index in [2.05, 4.69) is 15.0 Å². The van der Waals surface area contributed by atoms with Crippen LogP contribution in [-0.4, -0.2) is 52.5 Å². The van der Waals surface area contributed by atoms with Gasteiger partial charge in [0.25, 0.3) is 0 Å². The first-order chi connectivity index (χ1) is 12.7. The zero-order valence-electron chi connectivity index (χ0n) is 14.7. The molecule has 3 heterocycles. The summed E-state index contributed by atoms with van der Waals surface area (Å²) in [7, 11) is 0.283. The Hall–Kier alpha value is -1.71. The third-order valence-corrected chi connectivity index (χ3v) is 4.91. The largest absolute Gasteiger partial charge is 0.479 e. The van der Waals surface area contributed by atoms with E-state index >= 15 is 0 Å². The summed E-state index contributed by atoms with van der Waals surface area (Å²) in [6, 6.07) is 0. The van der Waals surface area contributed by atoms with Gasteiger partial charge >= 0.3 is 0 Å². The second-order valence-electron chi connectivity index (χ2n) is 5.08. The average Bonchev–Trinajstić information content (AvgIpc) is 3.23. The first-order valence-corrected chi connectivity index (χ1v) is 9.43. The molecule has 2 aromatic rings. The topological polar surface area (TPSA) is 89.8 Å². The lowest BCUT2D eigenvalue weighted by atomic mass is 10.4. The zero-order valence-corrected chi connectivity index (χ0v) is 15.6. The van der Waals surface area contributed by atoms with Gasteiger partial charge in [-0.15, -0.1) is 0 Å². The number of rotatable bonds is 9. The minimum absolute atomic E-state index is 0.179. The highest BCUT2D eigenvalue weighted by atomic mass is 31.2. The van der Waals surface area contributed by atoms with Crippen molar-refractivity contribution < 1.29 is 27.6 Å². The van der Waals surface area contributed by atoms with E-state index in [1.54, 1.807) is 0 Å². The molecule has 2 atom stereocenters. The Morgan fingerprint density at radius 2 is 2.00 bits per heavy atom. The van der Waals surface area contributed by atoms with E-state index in [0.717, 1.165) is 0 Å². The fourth-order valence-electron chi connectivity index (χ4n) is 2.42. The minimum Gasteiger partial charge on any atom is -0.479 e. The van der Waals surface area contributed by atoms with E-state index in [9.17, 15) is 4.39 Å². The van der Waals surface area contributed by atoms with E-state index in [1.807, 2.05) is 13.8 Å². The lowest BCUT2D eigenvalue weighted by Gasteiger charge is -2.19. The third kappa shape index (κ3) is 3.99. The molecule has 0 saturated carbocycles. The van der Waals surface area contributed by atoms with Crippen LogP contribution in [0, 0.1) is 0 Å². The quantitative estimate of drug-likeness (QED) is 0.608. The summed E-state index contributed by atoms with van der Waals surface area (Å²) in [5, 5.41) is 0. The van der Waals surface area contributed by atoms with Crippen LogP contribution in [0.15, 0.2) is 24.6 Å². The van der Waals surface area contributed by atoms with Crippen LogP contribution in [0.5, 0.6) is 5.88 Å². The molecular formula is C15H20FN4O5P. The van der Waals surface area contributed by atoms with Gasteiger partial charge in [-0.1, -0.05) is 0 Å². The van der Waals surface area contributed by atoms with Gasteiger partial charge in [-0.3, -0.25) is 4.57 Å². The molecule has 9 nitrogen and oxygen atoms in total. The summed E-state index contributed by atoms with van der Waals surface area (Å²) >= 11 is 0. The van der Waals surface area contributed by atoms with Gasteiger partial charge in [0.1, 0.15) is 12.7 Å². The van der Waals surface area contributed by atoms with Gasteiger partial charge in [0.15, 0.2) is 37.9 Å². The van der Waals surface area contributed by atoms with Crippen LogP contribution in [0.2, 0.25) is 0 Å². The molecule has 0 N–H and O–H groups in total. The maximum absolute atomic E-state index is 14.4. The van der Waals surface area contributed by atoms with Crippen molar-refractivity contribution in [3.05, 3.63) is 24.6 Å². The van der Waals surface area contributed by atoms with Gasteiger partial charge in [-0.05, 0) is 13.8 Å². The first kappa shape index (κ1) is 19.1. The third-order valence-electron chi connectivity index (χ3n) is 3.46. The van der Waals surface area contributed by atoms with Crippen LogP contribution in [0.25, 0.3) is 11.2 Å². The number of nitrogens with zero attached hydrogens (tertiary/aromatic N) is 4. The molecule has 142 valence electrons. The lowest BCUT2D eigenvalue weighted by Crippen LogP contribution is -2.16. The second-order valence-corrected chi connectivity index (χ2v) is 6.52. The number of ether oxygens (including phenoxy) is 3. The molecule has 0 spiro atoms. The number of methoxy groups -OCH3 is 1. The van der Waals surface area contributed by atoms with Gasteiger partial charge in [0.2, 0.25) is 5.88 Å². The van der Waals surface area contributed by atoms with Gasteiger partial charge in [-0.25, -0.2) is 14.4 Å². The molecular weight excluding hydrogens is 366 g/mol. The van der Waals surface area contributed by atoms with E-state index in [1.165, 1.54) is 30.4 Å². The van der Waals surface area contributed by atoms with Gasteiger partial charge in [0.05, 0.1) is 26.7 Å². The predicted octanol–water partition coefficient (Wildman–Crippen LogP) is 2.90. The molecule has 0 aliphatic carbocycles. The number of aromatic nitrogens is 4. The maximum atomic E-state index is 14.4. The highest BCUT2D eigenvalue weighted by Gasteiger charge is 2.32. The zero-order chi connectivity index (χ0) is 18.5. The van der Waals surface area contributed by atoms with E-state index in [0.29, 0.717) is 30.3 Å². The summed E-state index contributed by atoms with van der Waals surface area (Å²) in [4.78, 5) is 12.3. The van der Waals surface area contributed by atoms with Gasteiger partial charge < -0.3 is 23.3 Å². The Bertz CT molecular complexity index is 768. The molecule has 1 aliphatic rings. The summed E-state index contributed by atoms with van der Waals surface area (Å²) in [6.07, 6.45) is 2.32. The van der Waals surface area contributed by atoms with Crippen molar-refractivity contribution in [2.45, 2.75) is 26.4 Å². The first-order valence-electron chi connectivity index (χ1n) is 8.07. The van der Waals surface area contributed by atoms with Gasteiger partial charge in [-0.2, -0.15) is 4.98 Å². The molecule has 0 radical (unpaired) electrons. The van der Waals surface area contributed by atoms with E-state index < -0.39 is 26.7 Å². The Morgan fingerprint density at radius 3 is 2.69 bits per heavy atom. The minimum atomic E-state index is -1.20. The number of imidazole rings is 1. The van der Waals surface area contributed by atoms with Crippen molar-refractivity contribution in [3.8, 4) is 5.88 Å². The summed E-state index contributed by atoms with van der Waals surface area (Å²) in [5.74, 6) is -0.188. The number of fused-ring (bicyclic) bond motifs is 1. The van der Waals surface area contributed by atoms with Crippen LogP contribution in [-0.2, 0) is 18.5 Å². The molecule has 3 rings (SSSR count). The smallest absolute Gasteiger partial charge is 0.245 e. The highest BCUT2D eigenvalue weighted by Crippen LogP contribution is 2.40. The normalized spacial score (nSPS) is 20.1. The van der Waals surface area contributed by atoms with Crippen molar-refractivity contribution >= 4 is 19.5 Å². The Balaban J connectivity index is 1.69. The molecule has 2 unspecified atom stereocenters. The molecule has 0 bridgehead atoms. The molecule has 26 heavy (non-hydrogen) atoms. The maximum Gasteiger partial charge on any atom is 0.245 e. The Morgan fingerprint density at radius 1 is 1.23 bits per heavy atom. The molecule has 0 aromatic carbocycles. The van der Waals surface area contributed by atoms with Crippen LogP contribution < -0.4 is 4.74 Å². The molecule has 0 amide bonds. The Kier molecular flexibility index (Phi) is 6.44. The van der Waals surface area contributed by atoms with Crippen LogP contribution in [0.3, 0.4) is 0 Å². The fourth-order valence-corrected chi connectivity index (χ4v) is 3.48. The van der Waals surface area contributed by atoms with Crippen molar-refractivity contribution in [1.82, 2.24) is 19.5 Å². The van der Waals surface area contributed by atoms with Crippen molar-refractivity contribution in [2.75, 3.05) is 26.7 Å². The monoisotopic (exact) mass is 386 g/mol. The van der Waals surface area contributed by atoms with Gasteiger partial charge in [0, 0.05) is 6.08 Å². The fraction of sp³-hybridized carbons (Fsp3) is 0.533. The summed E-state index contributed by atoms with van der Waals surface area (Å²) in [5.41, 5.74) is 0.823. The molecule has 2 aromatic heterocycles. The van der Waals surface area contributed by atoms with Crippen molar-refractivity contribution in [3.63, 3.8) is 0 Å². The summed E-state index contributed by atoms with van der Waals surface area (Å²) in [6.45, 7) is 4.76. The molecule has 0 fully saturated rings. The molecule has 11 heteroatoms. The molecule has 0 saturated heterocycles. The van der Waals surface area contributed by atoms with Crippen LogP contribution in [0.4, 0.5) is 4.39 Å². The predicted molar refractivity (Wildman–Crippen MR) is 91.1 cm³/mol. The lowest BCUT2D eigenvalue weighted by molar-refractivity contribution is -0.129. The van der Waals surface area contributed by atoms with Crippen molar-refractivity contribution in [2.24, 2.45) is 0 Å². The SMILES string of the molecule is CCOP(COC1C=C(F)C(n2cnc3c(OC)ncnc32)O1)OCC. The average molecular weight is 386 g/mol. The standard InChI is InChI=1S/C15H20FN4O5P/c1-4-23-26(24-5-2)9-22-11-6-10(16)15(25-11)20-8-19-12-13(20)17-7-18-14(12)21-3/h6-8,11,15H,4-5,9H2,1-3H3. The summed E-state index contributed by atoms with van der Waals surface area (Å²) < 4.78 is 43.1. The van der Waals surface area contributed by atoms with E-state index in [4.69, 9.17) is 23.3 Å². The van der Waals surface area contributed by atoms with Crippen LogP contribution >= 0.6 is 8.38 Å². The second kappa shape index (κ2) is 8.79. The van der Waals surface area contributed by atoms with Crippen LogP contribution in [0.1, 0.15) is 20.1 Å². The van der Waals surface area contributed by atoms with E-state index in [-0.39, 0.29) is 6.35 Å².